The zero-order valence-corrected chi connectivity index (χ0v) is 14.4. The van der Waals surface area contributed by atoms with Crippen LogP contribution in [0.2, 0.25) is 5.02 Å². The van der Waals surface area contributed by atoms with E-state index >= 15 is 0 Å². The largest absolute Gasteiger partial charge is 0.444 e. The molecular formula is C16H24ClN3O2. The molecule has 2 rings (SSSR count). The molecule has 0 saturated carbocycles. The Balaban J connectivity index is 1.97. The molecule has 6 heteroatoms. The molecule has 1 atom stereocenters. The Morgan fingerprint density at radius 2 is 2.23 bits per heavy atom. The third-order valence-electron chi connectivity index (χ3n) is 3.46. The minimum absolute atomic E-state index is 0.175. The first kappa shape index (κ1) is 16.9. The van der Waals surface area contributed by atoms with Crippen LogP contribution in [0.1, 0.15) is 39.2 Å². The van der Waals surface area contributed by atoms with Crippen LogP contribution in [0.15, 0.2) is 12.3 Å². The first-order chi connectivity index (χ1) is 10.2. The Bertz CT molecular complexity index is 543. The van der Waals surface area contributed by atoms with Gasteiger partial charge in [0.2, 0.25) is 0 Å². The number of likely N-dealkylation sites (tertiary alicyclic amines) is 1. The number of piperidine rings is 1. The molecule has 2 heterocycles. The van der Waals surface area contributed by atoms with Gasteiger partial charge in [-0.05, 0) is 52.2 Å². The summed E-state index contributed by atoms with van der Waals surface area (Å²) in [5.41, 5.74) is 0.535. The highest BCUT2D eigenvalue weighted by molar-refractivity contribution is 6.30. The number of hydrogen-bond donors (Lipinski definition) is 1. The second-order valence-electron chi connectivity index (χ2n) is 6.73. The lowest BCUT2D eigenvalue weighted by Crippen LogP contribution is -2.47. The minimum Gasteiger partial charge on any atom is -0.444 e. The Kier molecular flexibility index (Phi) is 5.16. The van der Waals surface area contributed by atoms with E-state index in [1.54, 1.807) is 11.1 Å². The van der Waals surface area contributed by atoms with E-state index < -0.39 is 5.60 Å². The number of rotatable bonds is 2. The van der Waals surface area contributed by atoms with E-state index in [2.05, 4.69) is 10.3 Å². The quantitative estimate of drug-likeness (QED) is 0.897. The monoisotopic (exact) mass is 325 g/mol. The van der Waals surface area contributed by atoms with Crippen LogP contribution in [0.4, 0.5) is 10.6 Å². The van der Waals surface area contributed by atoms with Crippen LogP contribution in [0, 0.1) is 6.92 Å². The van der Waals surface area contributed by atoms with Crippen molar-refractivity contribution in [3.63, 3.8) is 0 Å². The number of hydrogen-bond acceptors (Lipinski definition) is 4. The molecule has 1 aromatic heterocycles. The molecule has 0 aromatic carbocycles. The Morgan fingerprint density at radius 3 is 2.86 bits per heavy atom. The first-order valence-corrected chi connectivity index (χ1v) is 7.99. The van der Waals surface area contributed by atoms with Gasteiger partial charge in [0.1, 0.15) is 11.4 Å². The van der Waals surface area contributed by atoms with Gasteiger partial charge in [0.05, 0.1) is 5.02 Å². The number of aryl methyl sites for hydroxylation is 1. The average molecular weight is 326 g/mol. The summed E-state index contributed by atoms with van der Waals surface area (Å²) < 4.78 is 5.44. The summed E-state index contributed by atoms with van der Waals surface area (Å²) in [4.78, 5) is 18.3. The third kappa shape index (κ3) is 4.77. The number of carbonyl (C=O) groups excluding carboxylic acids is 1. The van der Waals surface area contributed by atoms with Crippen molar-refractivity contribution >= 4 is 23.5 Å². The van der Waals surface area contributed by atoms with Crippen LogP contribution >= 0.6 is 11.6 Å². The predicted molar refractivity (Wildman–Crippen MR) is 88.4 cm³/mol. The van der Waals surface area contributed by atoms with Crippen molar-refractivity contribution in [3.05, 3.63) is 22.8 Å². The maximum Gasteiger partial charge on any atom is 0.410 e. The summed E-state index contributed by atoms with van der Waals surface area (Å²) in [6.45, 7) is 8.97. The van der Waals surface area contributed by atoms with Gasteiger partial charge in [-0.2, -0.15) is 0 Å². The lowest BCUT2D eigenvalue weighted by atomic mass is 10.1. The van der Waals surface area contributed by atoms with Crippen LogP contribution < -0.4 is 5.32 Å². The number of nitrogens with zero attached hydrogens (tertiary/aromatic N) is 2. The number of halogens is 1. The van der Waals surface area contributed by atoms with Crippen molar-refractivity contribution in [2.75, 3.05) is 18.4 Å². The SMILES string of the molecule is Cc1cc(Cl)cnc1N[C@@H]1CCCN(C(=O)OC(C)(C)C)C1. The second-order valence-corrected chi connectivity index (χ2v) is 7.17. The van der Waals surface area contributed by atoms with Gasteiger partial charge in [-0.25, -0.2) is 9.78 Å². The van der Waals surface area contributed by atoms with Crippen molar-refractivity contribution in [2.45, 2.75) is 52.2 Å². The summed E-state index contributed by atoms with van der Waals surface area (Å²) in [5, 5.41) is 4.03. The summed E-state index contributed by atoms with van der Waals surface area (Å²) in [6.07, 6.45) is 3.33. The zero-order chi connectivity index (χ0) is 16.3. The molecule has 1 fully saturated rings. The van der Waals surface area contributed by atoms with E-state index in [0.717, 1.165) is 30.8 Å². The van der Waals surface area contributed by atoms with Crippen molar-refractivity contribution in [3.8, 4) is 0 Å². The van der Waals surface area contributed by atoms with Crippen LogP contribution in [-0.4, -0.2) is 40.7 Å². The Labute approximate surface area is 137 Å². The van der Waals surface area contributed by atoms with E-state index in [0.29, 0.717) is 11.6 Å². The number of ether oxygens (including phenoxy) is 1. The molecule has 22 heavy (non-hydrogen) atoms. The van der Waals surface area contributed by atoms with E-state index in [1.165, 1.54) is 0 Å². The molecule has 1 amide bonds. The fourth-order valence-corrected chi connectivity index (χ4v) is 2.68. The van der Waals surface area contributed by atoms with Crippen LogP contribution in [0.3, 0.4) is 0 Å². The van der Waals surface area contributed by atoms with Crippen LogP contribution in [-0.2, 0) is 4.74 Å². The van der Waals surface area contributed by atoms with E-state index in [9.17, 15) is 4.79 Å². The van der Waals surface area contributed by atoms with Crippen LogP contribution in [0.5, 0.6) is 0 Å². The summed E-state index contributed by atoms with van der Waals surface area (Å²) in [5.74, 6) is 0.820. The highest BCUT2D eigenvalue weighted by atomic mass is 35.5. The number of aromatic nitrogens is 1. The molecule has 1 aliphatic rings. The van der Waals surface area contributed by atoms with Gasteiger partial charge < -0.3 is 15.0 Å². The lowest BCUT2D eigenvalue weighted by molar-refractivity contribution is 0.0206. The Hall–Kier alpha value is -1.49. The molecular weight excluding hydrogens is 302 g/mol. The second kappa shape index (κ2) is 6.73. The molecule has 1 saturated heterocycles. The number of carbonyl (C=O) groups is 1. The lowest BCUT2D eigenvalue weighted by Gasteiger charge is -2.34. The molecule has 122 valence electrons. The fourth-order valence-electron chi connectivity index (χ4n) is 2.47. The van der Waals surface area contributed by atoms with Gasteiger partial charge in [0, 0.05) is 25.3 Å². The molecule has 1 aliphatic heterocycles. The van der Waals surface area contributed by atoms with Gasteiger partial charge in [-0.3, -0.25) is 0 Å². The van der Waals surface area contributed by atoms with Crippen molar-refractivity contribution in [2.24, 2.45) is 0 Å². The normalized spacial score (nSPS) is 19.0. The minimum atomic E-state index is -0.466. The molecule has 0 unspecified atom stereocenters. The summed E-state index contributed by atoms with van der Waals surface area (Å²) >= 11 is 5.93. The molecule has 5 nitrogen and oxygen atoms in total. The average Bonchev–Trinajstić information content (AvgIpc) is 2.40. The number of anilines is 1. The maximum absolute atomic E-state index is 12.2. The van der Waals surface area contributed by atoms with Gasteiger partial charge >= 0.3 is 6.09 Å². The van der Waals surface area contributed by atoms with Gasteiger partial charge in [-0.1, -0.05) is 11.6 Å². The smallest absolute Gasteiger partial charge is 0.410 e. The number of pyridine rings is 1. The highest BCUT2D eigenvalue weighted by Gasteiger charge is 2.27. The molecule has 0 aliphatic carbocycles. The van der Waals surface area contributed by atoms with Crippen molar-refractivity contribution < 1.29 is 9.53 Å². The first-order valence-electron chi connectivity index (χ1n) is 7.61. The van der Waals surface area contributed by atoms with Crippen LogP contribution in [0.25, 0.3) is 0 Å². The number of amides is 1. The standard InChI is InChI=1S/C16H24ClN3O2/c1-11-8-12(17)9-18-14(11)19-13-6-5-7-20(10-13)15(21)22-16(2,3)4/h8-9,13H,5-7,10H2,1-4H3,(H,18,19)/t13-/m1/s1. The van der Waals surface area contributed by atoms with Gasteiger partial charge in [-0.15, -0.1) is 0 Å². The van der Waals surface area contributed by atoms with E-state index in [-0.39, 0.29) is 12.1 Å². The third-order valence-corrected chi connectivity index (χ3v) is 3.67. The fraction of sp³-hybridized carbons (Fsp3) is 0.625. The van der Waals surface area contributed by atoms with Gasteiger partial charge in [0.25, 0.3) is 0 Å². The number of nitrogens with one attached hydrogen (secondary N) is 1. The Morgan fingerprint density at radius 1 is 1.50 bits per heavy atom. The summed E-state index contributed by atoms with van der Waals surface area (Å²) in [7, 11) is 0. The maximum atomic E-state index is 12.2. The van der Waals surface area contributed by atoms with Crippen molar-refractivity contribution in [1.29, 1.82) is 0 Å². The van der Waals surface area contributed by atoms with Gasteiger partial charge in [0.15, 0.2) is 0 Å². The topological polar surface area (TPSA) is 54.5 Å². The molecule has 1 aromatic rings. The van der Waals surface area contributed by atoms with Crippen molar-refractivity contribution in [1.82, 2.24) is 9.88 Å². The molecule has 0 spiro atoms. The molecule has 1 N–H and O–H groups in total. The summed E-state index contributed by atoms with van der Waals surface area (Å²) in [6, 6.07) is 2.05. The molecule has 0 bridgehead atoms. The van der Waals surface area contributed by atoms with E-state index in [1.807, 2.05) is 33.8 Å². The predicted octanol–water partition coefficient (Wildman–Crippen LogP) is 3.85. The highest BCUT2D eigenvalue weighted by Crippen LogP contribution is 2.21. The zero-order valence-electron chi connectivity index (χ0n) is 13.6. The van der Waals surface area contributed by atoms with E-state index in [4.69, 9.17) is 16.3 Å². The molecule has 0 radical (unpaired) electrons.